The van der Waals surface area contributed by atoms with Gasteiger partial charge in [-0.2, -0.15) is 0 Å². The van der Waals surface area contributed by atoms with E-state index in [9.17, 15) is 10.1 Å². The van der Waals surface area contributed by atoms with Crippen molar-refractivity contribution in [3.05, 3.63) is 28.4 Å². The Morgan fingerprint density at radius 3 is 2.38 bits per heavy atom. The summed E-state index contributed by atoms with van der Waals surface area (Å²) in [6.07, 6.45) is 2.77. The molecule has 0 saturated carbocycles. The molecule has 0 amide bonds. The molecule has 0 radical (unpaired) electrons. The first-order valence-corrected chi connectivity index (χ1v) is 7.37. The first-order chi connectivity index (χ1) is 7.65. The number of hydrogen-bond acceptors (Lipinski definition) is 5. The van der Waals surface area contributed by atoms with Gasteiger partial charge in [0.1, 0.15) is 0 Å². The van der Waals surface area contributed by atoms with E-state index in [-0.39, 0.29) is 5.82 Å². The molecular weight excluding hydrogens is 244 g/mol. The van der Waals surface area contributed by atoms with Gasteiger partial charge in [0.15, 0.2) is 6.20 Å². The molecule has 1 aromatic heterocycles. The maximum atomic E-state index is 10.3. The second-order valence-corrected chi connectivity index (χ2v) is 5.46. The number of hydrogen-bond donors (Lipinski definition) is 0. The van der Waals surface area contributed by atoms with E-state index < -0.39 is 4.92 Å². The topological polar surface area (TPSA) is 56.0 Å². The van der Waals surface area contributed by atoms with Crippen LogP contribution in [0.5, 0.6) is 0 Å². The molecule has 0 unspecified atom stereocenters. The van der Waals surface area contributed by atoms with Gasteiger partial charge in [0.05, 0.1) is 4.90 Å². The zero-order valence-electron chi connectivity index (χ0n) is 9.67. The van der Waals surface area contributed by atoms with Crippen molar-refractivity contribution in [2.24, 2.45) is 0 Å². The minimum absolute atomic E-state index is 0.106. The average Bonchev–Trinajstić information content (AvgIpc) is 2.28. The van der Waals surface area contributed by atoms with Gasteiger partial charge in [-0.25, -0.2) is 0 Å². The molecule has 0 N–H and O–H groups in total. The predicted octanol–water partition coefficient (Wildman–Crippen LogP) is 4.17. The summed E-state index contributed by atoms with van der Waals surface area (Å²) in [6, 6.07) is 3.12. The van der Waals surface area contributed by atoms with E-state index >= 15 is 0 Å². The highest BCUT2D eigenvalue weighted by Crippen LogP contribution is 2.30. The smallest absolute Gasteiger partial charge is 0.358 e. The molecule has 0 aliphatic carbocycles. The molecule has 6 heteroatoms. The molecular formula is C10H16N2O2S2. The van der Waals surface area contributed by atoms with Crippen LogP contribution in [0.4, 0.5) is 5.82 Å². The van der Waals surface area contributed by atoms with Gasteiger partial charge in [0.2, 0.25) is 0 Å². The van der Waals surface area contributed by atoms with Crippen molar-refractivity contribution in [3.8, 4) is 0 Å². The maximum Gasteiger partial charge on any atom is 0.363 e. The predicted molar refractivity (Wildman–Crippen MR) is 70.8 cm³/mol. The van der Waals surface area contributed by atoms with Gasteiger partial charge >= 0.3 is 5.82 Å². The summed E-state index contributed by atoms with van der Waals surface area (Å²) < 4.78 is 0. The molecule has 0 bridgehead atoms. The molecule has 90 valence electrons. The SMILES string of the molecule is CCC.CCSSc1ccc([N+](=O)[O-])nc1. The first kappa shape index (κ1) is 15.2. The van der Waals surface area contributed by atoms with Gasteiger partial charge < -0.3 is 10.1 Å². The van der Waals surface area contributed by atoms with Gasteiger partial charge in [-0.1, -0.05) is 48.8 Å². The summed E-state index contributed by atoms with van der Waals surface area (Å²) in [5.41, 5.74) is 0. The second kappa shape index (κ2) is 9.47. The summed E-state index contributed by atoms with van der Waals surface area (Å²) >= 11 is 0. The Morgan fingerprint density at radius 2 is 2.00 bits per heavy atom. The minimum Gasteiger partial charge on any atom is -0.358 e. The molecule has 0 saturated heterocycles. The Bertz CT molecular complexity index is 304. The molecule has 0 aliphatic rings. The van der Waals surface area contributed by atoms with Crippen LogP contribution in [0.3, 0.4) is 0 Å². The van der Waals surface area contributed by atoms with Crippen molar-refractivity contribution in [2.45, 2.75) is 32.1 Å². The lowest BCUT2D eigenvalue weighted by Gasteiger charge is -1.95. The van der Waals surface area contributed by atoms with Gasteiger partial charge in [-0.05, 0) is 16.0 Å². The summed E-state index contributed by atoms with van der Waals surface area (Å²) in [6.45, 7) is 6.30. The van der Waals surface area contributed by atoms with E-state index in [2.05, 4.69) is 25.8 Å². The van der Waals surface area contributed by atoms with Crippen LogP contribution in [0.2, 0.25) is 0 Å². The average molecular weight is 260 g/mol. The third-order valence-corrected chi connectivity index (χ3v) is 3.61. The summed E-state index contributed by atoms with van der Waals surface area (Å²) in [4.78, 5) is 14.4. The van der Waals surface area contributed by atoms with Crippen molar-refractivity contribution in [1.82, 2.24) is 4.98 Å². The Morgan fingerprint density at radius 1 is 1.38 bits per heavy atom. The molecule has 16 heavy (non-hydrogen) atoms. The molecule has 1 heterocycles. The summed E-state index contributed by atoms with van der Waals surface area (Å²) in [5, 5.41) is 10.3. The lowest BCUT2D eigenvalue weighted by Crippen LogP contribution is -1.90. The number of pyridine rings is 1. The van der Waals surface area contributed by atoms with E-state index in [0.717, 1.165) is 10.6 Å². The summed E-state index contributed by atoms with van der Waals surface area (Å²) in [5.74, 6) is 0.896. The van der Waals surface area contributed by atoms with E-state index in [0.29, 0.717) is 0 Å². The van der Waals surface area contributed by atoms with Crippen LogP contribution in [0.15, 0.2) is 23.2 Å². The fourth-order valence-electron chi connectivity index (χ4n) is 0.657. The minimum atomic E-state index is -0.499. The van der Waals surface area contributed by atoms with E-state index in [4.69, 9.17) is 0 Å². The normalized spacial score (nSPS) is 9.19. The number of nitro groups is 1. The van der Waals surface area contributed by atoms with Gasteiger partial charge in [-0.15, -0.1) is 0 Å². The number of aromatic nitrogens is 1. The van der Waals surface area contributed by atoms with Gasteiger partial charge in [0.25, 0.3) is 0 Å². The zero-order valence-corrected chi connectivity index (χ0v) is 11.3. The Kier molecular flexibility index (Phi) is 9.03. The Labute approximate surface area is 104 Å². The molecule has 1 aromatic rings. The largest absolute Gasteiger partial charge is 0.363 e. The molecule has 4 nitrogen and oxygen atoms in total. The maximum absolute atomic E-state index is 10.3. The third-order valence-electron chi connectivity index (χ3n) is 1.18. The lowest BCUT2D eigenvalue weighted by molar-refractivity contribution is -0.389. The third kappa shape index (κ3) is 6.68. The fourth-order valence-corrected chi connectivity index (χ4v) is 2.19. The molecule has 0 aliphatic heterocycles. The van der Waals surface area contributed by atoms with Crippen molar-refractivity contribution >= 4 is 27.4 Å². The summed E-state index contributed by atoms with van der Waals surface area (Å²) in [7, 11) is 3.25. The second-order valence-electron chi connectivity index (χ2n) is 2.81. The standard InChI is InChI=1S/C7H8N2O2S2.C3H8/c1-2-12-13-6-3-4-7(8-5-6)9(10)11;1-3-2/h3-5H,2H2,1H3;3H2,1-2H3. The van der Waals surface area contributed by atoms with E-state index in [1.165, 1.54) is 18.7 Å². The number of rotatable bonds is 4. The molecule has 0 aromatic carbocycles. The molecule has 0 spiro atoms. The van der Waals surface area contributed by atoms with Crippen molar-refractivity contribution in [1.29, 1.82) is 0 Å². The highest BCUT2D eigenvalue weighted by molar-refractivity contribution is 8.76. The van der Waals surface area contributed by atoms with Gasteiger partial charge in [-0.3, -0.25) is 0 Å². The van der Waals surface area contributed by atoms with Crippen molar-refractivity contribution in [2.75, 3.05) is 5.75 Å². The van der Waals surface area contributed by atoms with E-state index in [1.807, 2.05) is 0 Å². The highest BCUT2D eigenvalue weighted by atomic mass is 33.1. The molecule has 0 fully saturated rings. The first-order valence-electron chi connectivity index (χ1n) is 5.05. The van der Waals surface area contributed by atoms with Crippen LogP contribution in [0, 0.1) is 10.1 Å². The molecule has 1 rings (SSSR count). The lowest BCUT2D eigenvalue weighted by atomic mass is 10.5. The fraction of sp³-hybridized carbons (Fsp3) is 0.500. The van der Waals surface area contributed by atoms with Crippen LogP contribution >= 0.6 is 21.6 Å². The van der Waals surface area contributed by atoms with Gasteiger partial charge in [0, 0.05) is 11.8 Å². The van der Waals surface area contributed by atoms with Crippen LogP contribution in [-0.2, 0) is 0 Å². The van der Waals surface area contributed by atoms with Crippen LogP contribution < -0.4 is 0 Å². The van der Waals surface area contributed by atoms with Crippen molar-refractivity contribution < 1.29 is 4.92 Å². The Balaban J connectivity index is 0.000000673. The zero-order chi connectivity index (χ0) is 12.4. The Hall–Kier alpha value is -0.750. The molecule has 0 atom stereocenters. The quantitative estimate of drug-likeness (QED) is 0.462. The van der Waals surface area contributed by atoms with Crippen LogP contribution in [-0.4, -0.2) is 15.7 Å². The van der Waals surface area contributed by atoms with Crippen LogP contribution in [0.25, 0.3) is 0 Å². The van der Waals surface area contributed by atoms with Crippen LogP contribution in [0.1, 0.15) is 27.2 Å². The van der Waals surface area contributed by atoms with E-state index in [1.54, 1.807) is 27.7 Å². The monoisotopic (exact) mass is 260 g/mol. The number of nitrogens with zero attached hydrogens (tertiary/aromatic N) is 2. The highest BCUT2D eigenvalue weighted by Gasteiger charge is 2.05. The van der Waals surface area contributed by atoms with Crippen molar-refractivity contribution in [3.63, 3.8) is 0 Å².